The zero-order valence-electron chi connectivity index (χ0n) is 9.30. The Balaban J connectivity index is 2.70. The second-order valence-electron chi connectivity index (χ2n) is 3.66. The maximum atomic E-state index is 10.1. The van der Waals surface area contributed by atoms with Crippen molar-refractivity contribution in [1.29, 1.82) is 0 Å². The number of anilines is 1. The van der Waals surface area contributed by atoms with Gasteiger partial charge >= 0.3 is 0 Å². The molecule has 0 radical (unpaired) electrons. The third kappa shape index (κ3) is 3.47. The molecule has 0 unspecified atom stereocenters. The molecule has 0 fully saturated rings. The molecule has 1 aromatic rings. The number of rotatable bonds is 5. The Bertz CT molecular complexity index is 356. The molecule has 6 heteroatoms. The van der Waals surface area contributed by atoms with Gasteiger partial charge in [0.1, 0.15) is 0 Å². The minimum absolute atomic E-state index is 0.249. The average Bonchev–Trinajstić information content (AvgIpc) is 2.30. The molecule has 0 aliphatic heterocycles. The van der Waals surface area contributed by atoms with Gasteiger partial charge in [-0.05, 0) is 12.8 Å². The van der Waals surface area contributed by atoms with Gasteiger partial charge in [0.2, 0.25) is 0 Å². The van der Waals surface area contributed by atoms with E-state index in [1.807, 2.05) is 13.8 Å². The van der Waals surface area contributed by atoms with Crippen LogP contribution in [0.15, 0.2) is 6.07 Å². The van der Waals surface area contributed by atoms with Gasteiger partial charge in [0.15, 0.2) is 10.3 Å². The second kappa shape index (κ2) is 5.66. The fourth-order valence-corrected chi connectivity index (χ4v) is 1.54. The van der Waals surface area contributed by atoms with Crippen molar-refractivity contribution in [2.75, 3.05) is 11.9 Å². The summed E-state index contributed by atoms with van der Waals surface area (Å²) in [6, 6.07) is 1.59. The molecule has 0 amide bonds. The van der Waals surface area contributed by atoms with Crippen molar-refractivity contribution in [1.82, 2.24) is 10.2 Å². The molecule has 0 bridgehead atoms. The Morgan fingerprint density at radius 3 is 2.50 bits per heavy atom. The van der Waals surface area contributed by atoms with Gasteiger partial charge in [0.25, 0.3) is 0 Å². The number of hydrogen-bond donors (Lipinski definition) is 2. The summed E-state index contributed by atoms with van der Waals surface area (Å²) in [4.78, 5) is 0. The SMILES string of the molecule is CCC(O)(CC)CNc1cc(Cl)nnc1Cl. The number of nitrogens with one attached hydrogen (secondary N) is 1. The summed E-state index contributed by atoms with van der Waals surface area (Å²) in [5, 5.41) is 20.9. The molecule has 0 spiro atoms. The fraction of sp³-hybridized carbons (Fsp3) is 0.600. The minimum atomic E-state index is -0.737. The van der Waals surface area contributed by atoms with E-state index >= 15 is 0 Å². The monoisotopic (exact) mass is 263 g/mol. The van der Waals surface area contributed by atoms with Crippen molar-refractivity contribution in [3.63, 3.8) is 0 Å². The lowest BCUT2D eigenvalue weighted by Gasteiger charge is -2.26. The van der Waals surface area contributed by atoms with E-state index in [-0.39, 0.29) is 10.3 Å². The summed E-state index contributed by atoms with van der Waals surface area (Å²) in [6.45, 7) is 4.27. The Labute approximate surface area is 105 Å². The summed E-state index contributed by atoms with van der Waals surface area (Å²) in [5.41, 5.74) is -0.152. The lowest BCUT2D eigenvalue weighted by Crippen LogP contribution is -2.35. The molecule has 4 nitrogen and oxygen atoms in total. The zero-order chi connectivity index (χ0) is 12.2. The van der Waals surface area contributed by atoms with Gasteiger partial charge in [-0.2, -0.15) is 0 Å². The van der Waals surface area contributed by atoms with E-state index in [2.05, 4.69) is 15.5 Å². The van der Waals surface area contributed by atoms with Crippen LogP contribution < -0.4 is 5.32 Å². The van der Waals surface area contributed by atoms with Crippen molar-refractivity contribution in [3.8, 4) is 0 Å². The van der Waals surface area contributed by atoms with E-state index < -0.39 is 5.60 Å². The third-order valence-electron chi connectivity index (χ3n) is 2.64. The van der Waals surface area contributed by atoms with Gasteiger partial charge in [-0.15, -0.1) is 10.2 Å². The normalized spacial score (nSPS) is 11.6. The Morgan fingerprint density at radius 1 is 1.31 bits per heavy atom. The first-order chi connectivity index (χ1) is 7.50. The van der Waals surface area contributed by atoms with E-state index in [9.17, 15) is 5.11 Å². The molecule has 0 saturated carbocycles. The maximum absolute atomic E-state index is 10.1. The van der Waals surface area contributed by atoms with Crippen LogP contribution in [0.3, 0.4) is 0 Å². The molecule has 0 aliphatic rings. The Morgan fingerprint density at radius 2 is 1.94 bits per heavy atom. The predicted molar refractivity (Wildman–Crippen MR) is 66.1 cm³/mol. The van der Waals surface area contributed by atoms with Crippen molar-refractivity contribution >= 4 is 28.9 Å². The van der Waals surface area contributed by atoms with Crippen LogP contribution in [0.4, 0.5) is 5.69 Å². The van der Waals surface area contributed by atoms with E-state index in [0.29, 0.717) is 25.1 Å². The summed E-state index contributed by atoms with van der Waals surface area (Å²) in [6.07, 6.45) is 1.33. The minimum Gasteiger partial charge on any atom is -0.388 e. The zero-order valence-corrected chi connectivity index (χ0v) is 10.8. The van der Waals surface area contributed by atoms with E-state index in [0.717, 1.165) is 0 Å². The van der Waals surface area contributed by atoms with E-state index in [1.165, 1.54) is 0 Å². The highest BCUT2D eigenvalue weighted by Crippen LogP contribution is 2.23. The van der Waals surface area contributed by atoms with Gasteiger partial charge in [-0.3, -0.25) is 0 Å². The number of nitrogens with zero attached hydrogens (tertiary/aromatic N) is 2. The lowest BCUT2D eigenvalue weighted by atomic mass is 9.97. The van der Waals surface area contributed by atoms with Gasteiger partial charge < -0.3 is 10.4 Å². The largest absolute Gasteiger partial charge is 0.388 e. The van der Waals surface area contributed by atoms with Crippen LogP contribution in [0.1, 0.15) is 26.7 Å². The standard InChI is InChI=1S/C10H15Cl2N3O/c1-3-10(16,4-2)6-13-7-5-8(11)14-15-9(7)12/h5,16H,3-4,6H2,1-2H3,(H,13,14). The quantitative estimate of drug-likeness (QED) is 0.858. The molecule has 90 valence electrons. The molecular formula is C10H15Cl2N3O. The van der Waals surface area contributed by atoms with Crippen molar-refractivity contribution in [2.45, 2.75) is 32.3 Å². The molecule has 0 saturated heterocycles. The summed E-state index contributed by atoms with van der Waals surface area (Å²) < 4.78 is 0. The third-order valence-corrected chi connectivity index (χ3v) is 3.11. The number of aliphatic hydroxyl groups is 1. The van der Waals surface area contributed by atoms with Crippen LogP contribution in [0.2, 0.25) is 10.3 Å². The molecule has 1 rings (SSSR count). The molecule has 1 heterocycles. The summed E-state index contributed by atoms with van der Waals surface area (Å²) in [5.74, 6) is 0. The van der Waals surface area contributed by atoms with Crippen LogP contribution in [-0.4, -0.2) is 27.4 Å². The van der Waals surface area contributed by atoms with Gasteiger partial charge in [0, 0.05) is 12.6 Å². The second-order valence-corrected chi connectivity index (χ2v) is 4.40. The lowest BCUT2D eigenvalue weighted by molar-refractivity contribution is 0.0457. The molecule has 0 atom stereocenters. The van der Waals surface area contributed by atoms with Crippen LogP contribution >= 0.6 is 23.2 Å². The van der Waals surface area contributed by atoms with Gasteiger partial charge in [0.05, 0.1) is 11.3 Å². The Hall–Kier alpha value is -0.580. The van der Waals surface area contributed by atoms with Crippen LogP contribution in [0.5, 0.6) is 0 Å². The first kappa shape index (κ1) is 13.5. The molecule has 0 aromatic carbocycles. The molecule has 1 aromatic heterocycles. The van der Waals surface area contributed by atoms with E-state index in [4.69, 9.17) is 23.2 Å². The van der Waals surface area contributed by atoms with Crippen molar-refractivity contribution in [3.05, 3.63) is 16.4 Å². The number of hydrogen-bond acceptors (Lipinski definition) is 4. The highest BCUT2D eigenvalue weighted by Gasteiger charge is 2.22. The number of halogens is 2. The topological polar surface area (TPSA) is 58.0 Å². The van der Waals surface area contributed by atoms with Crippen LogP contribution in [0, 0.1) is 0 Å². The van der Waals surface area contributed by atoms with Crippen molar-refractivity contribution in [2.24, 2.45) is 0 Å². The molecule has 2 N–H and O–H groups in total. The van der Waals surface area contributed by atoms with Crippen LogP contribution in [-0.2, 0) is 0 Å². The smallest absolute Gasteiger partial charge is 0.174 e. The molecular weight excluding hydrogens is 249 g/mol. The summed E-state index contributed by atoms with van der Waals surface area (Å²) >= 11 is 11.5. The predicted octanol–water partition coefficient (Wildman–Crippen LogP) is 2.75. The highest BCUT2D eigenvalue weighted by molar-refractivity contribution is 6.33. The first-order valence-electron chi connectivity index (χ1n) is 5.15. The van der Waals surface area contributed by atoms with Gasteiger partial charge in [-0.25, -0.2) is 0 Å². The Kier molecular flexibility index (Phi) is 4.77. The molecule has 0 aliphatic carbocycles. The molecule has 16 heavy (non-hydrogen) atoms. The first-order valence-corrected chi connectivity index (χ1v) is 5.91. The maximum Gasteiger partial charge on any atom is 0.174 e. The van der Waals surface area contributed by atoms with Crippen LogP contribution in [0.25, 0.3) is 0 Å². The van der Waals surface area contributed by atoms with Crippen molar-refractivity contribution < 1.29 is 5.11 Å². The number of aromatic nitrogens is 2. The van der Waals surface area contributed by atoms with Gasteiger partial charge in [-0.1, -0.05) is 37.0 Å². The summed E-state index contributed by atoms with van der Waals surface area (Å²) in [7, 11) is 0. The average molecular weight is 264 g/mol. The highest BCUT2D eigenvalue weighted by atomic mass is 35.5. The fourth-order valence-electron chi connectivity index (χ4n) is 1.24. The van der Waals surface area contributed by atoms with E-state index in [1.54, 1.807) is 6.07 Å².